The number of nitrogens with one attached hydrogen (secondary N) is 2. The number of amides is 2. The third-order valence-electron chi connectivity index (χ3n) is 4.14. The average Bonchev–Trinajstić information content (AvgIpc) is 2.70. The molecule has 2 N–H and O–H groups in total. The molecule has 2 aromatic carbocycles. The fraction of sp³-hybridized carbons (Fsp3) is 0.348. The molecule has 0 aliphatic heterocycles. The number of hydrogen-bond donors (Lipinski definition) is 2. The lowest BCUT2D eigenvalue weighted by molar-refractivity contribution is -0.144. The highest BCUT2D eigenvalue weighted by molar-refractivity contribution is 6.04. The molecular formula is C23H28N2O4. The van der Waals surface area contributed by atoms with Crippen LogP contribution < -0.4 is 10.6 Å². The zero-order valence-corrected chi connectivity index (χ0v) is 16.9. The van der Waals surface area contributed by atoms with Gasteiger partial charge >= 0.3 is 5.97 Å². The number of benzene rings is 2. The Morgan fingerprint density at radius 3 is 2.34 bits per heavy atom. The zero-order chi connectivity index (χ0) is 21.1. The van der Waals surface area contributed by atoms with Crippen molar-refractivity contribution in [3.63, 3.8) is 0 Å². The molecule has 0 aliphatic rings. The molecular weight excluding hydrogens is 368 g/mol. The van der Waals surface area contributed by atoms with Crippen LogP contribution in [0.5, 0.6) is 0 Å². The molecule has 2 amide bonds. The van der Waals surface area contributed by atoms with Gasteiger partial charge in [0.25, 0.3) is 5.91 Å². The molecule has 6 heteroatoms. The van der Waals surface area contributed by atoms with E-state index in [2.05, 4.69) is 10.6 Å². The smallest absolute Gasteiger partial charge is 0.306 e. The number of anilines is 1. The number of carbonyl (C=O) groups excluding carboxylic acids is 3. The largest absolute Gasteiger partial charge is 0.466 e. The highest BCUT2D eigenvalue weighted by Crippen LogP contribution is 2.16. The van der Waals surface area contributed by atoms with Gasteiger partial charge in [-0.15, -0.1) is 0 Å². The van der Waals surface area contributed by atoms with E-state index in [0.29, 0.717) is 17.9 Å². The van der Waals surface area contributed by atoms with Crippen molar-refractivity contribution < 1.29 is 19.1 Å². The first-order valence-corrected chi connectivity index (χ1v) is 9.85. The van der Waals surface area contributed by atoms with Gasteiger partial charge in [-0.05, 0) is 44.4 Å². The number of rotatable bonds is 10. The molecule has 0 saturated carbocycles. The molecule has 6 nitrogen and oxygen atoms in total. The summed E-state index contributed by atoms with van der Waals surface area (Å²) in [6.07, 6.45) is 1.57. The van der Waals surface area contributed by atoms with Crippen LogP contribution in [-0.4, -0.2) is 30.4 Å². The Balaban J connectivity index is 1.72. The topological polar surface area (TPSA) is 84.5 Å². The Morgan fingerprint density at radius 2 is 1.62 bits per heavy atom. The fourth-order valence-electron chi connectivity index (χ4n) is 2.74. The highest BCUT2D eigenvalue weighted by Gasteiger charge is 2.14. The summed E-state index contributed by atoms with van der Waals surface area (Å²) >= 11 is 0. The van der Waals surface area contributed by atoms with Gasteiger partial charge in [0, 0.05) is 12.5 Å². The summed E-state index contributed by atoms with van der Waals surface area (Å²) in [6.45, 7) is 4.06. The predicted molar refractivity (Wildman–Crippen MR) is 113 cm³/mol. The Labute approximate surface area is 171 Å². The summed E-state index contributed by atoms with van der Waals surface area (Å²) in [5, 5.41) is 5.50. The standard InChI is InChI=1S/C23H28N2O4/c1-17(2)24-23(28)19-12-6-7-13-20(19)25-21(26)14-15-22(27)29-16-8-11-18-9-4-3-5-10-18/h3-7,9-10,12-13,17H,8,11,14-16H2,1-2H3,(H,24,28)(H,25,26). The van der Waals surface area contributed by atoms with Crippen molar-refractivity contribution in [2.24, 2.45) is 0 Å². The monoisotopic (exact) mass is 396 g/mol. The number of carbonyl (C=O) groups is 3. The van der Waals surface area contributed by atoms with E-state index in [1.54, 1.807) is 24.3 Å². The minimum Gasteiger partial charge on any atom is -0.466 e. The molecule has 0 fully saturated rings. The van der Waals surface area contributed by atoms with Crippen LogP contribution in [0, 0.1) is 0 Å². The maximum absolute atomic E-state index is 12.2. The Morgan fingerprint density at radius 1 is 0.931 bits per heavy atom. The van der Waals surface area contributed by atoms with Crippen molar-refractivity contribution in [2.45, 2.75) is 45.6 Å². The lowest BCUT2D eigenvalue weighted by Crippen LogP contribution is -2.31. The van der Waals surface area contributed by atoms with Crippen LogP contribution in [-0.2, 0) is 20.7 Å². The summed E-state index contributed by atoms with van der Waals surface area (Å²) in [4.78, 5) is 36.3. The van der Waals surface area contributed by atoms with Crippen LogP contribution in [0.25, 0.3) is 0 Å². The van der Waals surface area contributed by atoms with Gasteiger partial charge in [0.2, 0.25) is 5.91 Å². The summed E-state index contributed by atoms with van der Waals surface area (Å²) < 4.78 is 5.19. The van der Waals surface area contributed by atoms with Crippen molar-refractivity contribution in [1.29, 1.82) is 0 Å². The third kappa shape index (κ3) is 8.17. The lowest BCUT2D eigenvalue weighted by atomic mass is 10.1. The number of hydrogen-bond acceptors (Lipinski definition) is 4. The van der Waals surface area contributed by atoms with Gasteiger partial charge in [-0.25, -0.2) is 0 Å². The first-order chi connectivity index (χ1) is 14.0. The molecule has 0 unspecified atom stereocenters. The second-order valence-electron chi connectivity index (χ2n) is 7.03. The van der Waals surface area contributed by atoms with E-state index in [0.717, 1.165) is 12.8 Å². The molecule has 0 aromatic heterocycles. The van der Waals surface area contributed by atoms with Crippen molar-refractivity contribution >= 4 is 23.5 Å². The summed E-state index contributed by atoms with van der Waals surface area (Å²) in [5.41, 5.74) is 2.01. The van der Waals surface area contributed by atoms with E-state index >= 15 is 0 Å². The van der Waals surface area contributed by atoms with E-state index in [1.165, 1.54) is 5.56 Å². The van der Waals surface area contributed by atoms with Gasteiger partial charge in [0.05, 0.1) is 24.3 Å². The van der Waals surface area contributed by atoms with Gasteiger partial charge in [0.1, 0.15) is 0 Å². The van der Waals surface area contributed by atoms with Crippen LogP contribution in [0.4, 0.5) is 5.69 Å². The van der Waals surface area contributed by atoms with Gasteiger partial charge in [-0.3, -0.25) is 14.4 Å². The van der Waals surface area contributed by atoms with Crippen LogP contribution in [0.15, 0.2) is 54.6 Å². The first kappa shape index (κ1) is 22.1. The van der Waals surface area contributed by atoms with Crippen molar-refractivity contribution in [1.82, 2.24) is 5.32 Å². The minimum absolute atomic E-state index is 0.00233. The molecule has 0 spiro atoms. The van der Waals surface area contributed by atoms with E-state index in [9.17, 15) is 14.4 Å². The summed E-state index contributed by atoms with van der Waals surface area (Å²) in [6, 6.07) is 16.8. The third-order valence-corrected chi connectivity index (χ3v) is 4.14. The van der Waals surface area contributed by atoms with E-state index < -0.39 is 5.97 Å². The van der Waals surface area contributed by atoms with Crippen molar-refractivity contribution in [3.05, 3.63) is 65.7 Å². The Hall–Kier alpha value is -3.15. The van der Waals surface area contributed by atoms with Crippen LogP contribution in [0.1, 0.15) is 49.0 Å². The second-order valence-corrected chi connectivity index (χ2v) is 7.03. The quantitative estimate of drug-likeness (QED) is 0.473. The zero-order valence-electron chi connectivity index (χ0n) is 16.9. The molecule has 0 aliphatic carbocycles. The molecule has 2 aromatic rings. The van der Waals surface area contributed by atoms with Gasteiger partial charge in [-0.1, -0.05) is 42.5 Å². The molecule has 29 heavy (non-hydrogen) atoms. The normalized spacial score (nSPS) is 10.4. The fourth-order valence-corrected chi connectivity index (χ4v) is 2.74. The molecule has 0 saturated heterocycles. The Bertz CT molecular complexity index is 819. The van der Waals surface area contributed by atoms with E-state index in [-0.39, 0.29) is 30.7 Å². The first-order valence-electron chi connectivity index (χ1n) is 9.85. The molecule has 0 bridgehead atoms. The van der Waals surface area contributed by atoms with Crippen LogP contribution in [0.2, 0.25) is 0 Å². The Kier molecular flexibility index (Phi) is 8.89. The average molecular weight is 396 g/mol. The number of aryl methyl sites for hydroxylation is 1. The van der Waals surface area contributed by atoms with Gasteiger partial charge < -0.3 is 15.4 Å². The number of esters is 1. The van der Waals surface area contributed by atoms with Gasteiger partial charge in [-0.2, -0.15) is 0 Å². The number of para-hydroxylation sites is 1. The molecule has 0 heterocycles. The highest BCUT2D eigenvalue weighted by atomic mass is 16.5. The maximum Gasteiger partial charge on any atom is 0.306 e. The SMILES string of the molecule is CC(C)NC(=O)c1ccccc1NC(=O)CCC(=O)OCCCc1ccccc1. The second kappa shape index (κ2) is 11.6. The number of ether oxygens (including phenoxy) is 1. The minimum atomic E-state index is -0.404. The summed E-state index contributed by atoms with van der Waals surface area (Å²) in [7, 11) is 0. The van der Waals surface area contributed by atoms with Gasteiger partial charge in [0.15, 0.2) is 0 Å². The van der Waals surface area contributed by atoms with Crippen LogP contribution in [0.3, 0.4) is 0 Å². The van der Waals surface area contributed by atoms with E-state index in [1.807, 2.05) is 44.2 Å². The lowest BCUT2D eigenvalue weighted by Gasteiger charge is -2.13. The van der Waals surface area contributed by atoms with E-state index in [4.69, 9.17) is 4.74 Å². The van der Waals surface area contributed by atoms with Crippen LogP contribution >= 0.6 is 0 Å². The molecule has 0 atom stereocenters. The summed E-state index contributed by atoms with van der Waals surface area (Å²) in [5.74, 6) is -0.996. The molecule has 0 radical (unpaired) electrons. The van der Waals surface area contributed by atoms with Crippen molar-refractivity contribution in [3.8, 4) is 0 Å². The molecule has 2 rings (SSSR count). The predicted octanol–water partition coefficient (Wildman–Crippen LogP) is 3.72. The maximum atomic E-state index is 12.2. The molecule has 154 valence electrons. The van der Waals surface area contributed by atoms with Crippen molar-refractivity contribution in [2.75, 3.05) is 11.9 Å².